The van der Waals surface area contributed by atoms with Crippen molar-refractivity contribution in [1.29, 1.82) is 0 Å². The van der Waals surface area contributed by atoms with E-state index in [1.54, 1.807) is 5.57 Å². The maximum absolute atomic E-state index is 10.2. The zero-order valence-electron chi connectivity index (χ0n) is 25.3. The molecule has 0 aromatic heterocycles. The van der Waals surface area contributed by atoms with E-state index in [4.69, 9.17) is 19.7 Å². The summed E-state index contributed by atoms with van der Waals surface area (Å²) in [6.45, 7) is 14.3. The van der Waals surface area contributed by atoms with Crippen molar-refractivity contribution in [2.24, 2.45) is 46.3 Å². The second kappa shape index (κ2) is 15.0. The van der Waals surface area contributed by atoms with E-state index >= 15 is 0 Å². The number of aliphatic hydroxyl groups excluding tert-OH is 3. The number of hydrogen-bond acceptors (Lipinski definition) is 5. The first-order valence-electron chi connectivity index (χ1n) is 15.9. The van der Waals surface area contributed by atoms with Gasteiger partial charge in [-0.3, -0.25) is 0 Å². The third-order valence-electron chi connectivity index (χ3n) is 11.1. The molecule has 0 aromatic carbocycles. The predicted octanol–water partition coefficient (Wildman–Crippen LogP) is 6.39. The molecule has 38 heavy (non-hydrogen) atoms. The Morgan fingerprint density at radius 2 is 1.55 bits per heavy atom. The molecule has 1 unspecified atom stereocenters. The van der Waals surface area contributed by atoms with Crippen LogP contribution in [0.15, 0.2) is 11.6 Å². The topological polar surface area (TPSA) is 79.2 Å². The fourth-order valence-electron chi connectivity index (χ4n) is 9.12. The number of aliphatic hydroxyl groups is 3. The highest BCUT2D eigenvalue weighted by Crippen LogP contribution is 2.67. The van der Waals surface area contributed by atoms with Crippen molar-refractivity contribution in [2.45, 2.75) is 111 Å². The number of ether oxygens (including phenoxy) is 2. The average Bonchev–Trinajstić information content (AvgIpc) is 3.24. The van der Waals surface area contributed by atoms with E-state index in [1.807, 2.05) is 0 Å². The fourth-order valence-corrected chi connectivity index (χ4v) is 9.12. The van der Waals surface area contributed by atoms with E-state index in [2.05, 4.69) is 40.7 Å². The molecular weight excluding hydrogens is 476 g/mol. The molecule has 0 spiro atoms. The molecule has 0 aliphatic heterocycles. The van der Waals surface area contributed by atoms with Crippen molar-refractivity contribution in [3.8, 4) is 0 Å². The molecule has 5 nitrogen and oxygen atoms in total. The molecule has 0 amide bonds. The van der Waals surface area contributed by atoms with Gasteiger partial charge in [0.1, 0.15) is 0 Å². The van der Waals surface area contributed by atoms with E-state index in [9.17, 15) is 5.11 Å². The Kier molecular flexibility index (Phi) is 12.6. The van der Waals surface area contributed by atoms with Crippen molar-refractivity contribution < 1.29 is 24.8 Å². The first-order valence-corrected chi connectivity index (χ1v) is 15.9. The van der Waals surface area contributed by atoms with E-state index < -0.39 is 0 Å². The smallest absolute Gasteiger partial charge is 0.0701 e. The van der Waals surface area contributed by atoms with Crippen molar-refractivity contribution in [3.63, 3.8) is 0 Å². The summed E-state index contributed by atoms with van der Waals surface area (Å²) in [5.41, 5.74) is 2.60. The summed E-state index contributed by atoms with van der Waals surface area (Å²) in [7, 11) is 0. The molecule has 4 rings (SSSR count). The van der Waals surface area contributed by atoms with E-state index in [0.29, 0.717) is 37.3 Å². The number of rotatable bonds is 12. The SMILES string of the molecule is CC(C)CCC[C@@H](C)[C@H]1CC[C@H]2[C@@H]3CC=C4CC(O)CC[C@]4(C)[C@H]3CC[C@]12C.OCCOCCOCCO. The summed E-state index contributed by atoms with van der Waals surface area (Å²) in [6.07, 6.45) is 17.2. The largest absolute Gasteiger partial charge is 0.394 e. The summed E-state index contributed by atoms with van der Waals surface area (Å²) in [4.78, 5) is 0. The maximum atomic E-state index is 10.2. The Labute approximate surface area is 233 Å². The zero-order valence-corrected chi connectivity index (χ0v) is 25.3. The van der Waals surface area contributed by atoms with Gasteiger partial charge in [0.15, 0.2) is 0 Å². The first kappa shape index (κ1) is 32.1. The van der Waals surface area contributed by atoms with Crippen LogP contribution >= 0.6 is 0 Å². The molecule has 0 aromatic rings. The van der Waals surface area contributed by atoms with Crippen LogP contribution in [-0.2, 0) is 9.47 Å². The highest BCUT2D eigenvalue weighted by atomic mass is 16.5. The minimum absolute atomic E-state index is 0.0417. The van der Waals surface area contributed by atoms with Gasteiger partial charge in [-0.25, -0.2) is 0 Å². The summed E-state index contributed by atoms with van der Waals surface area (Å²) < 4.78 is 9.75. The molecule has 0 bridgehead atoms. The van der Waals surface area contributed by atoms with Gasteiger partial charge in [0.25, 0.3) is 0 Å². The van der Waals surface area contributed by atoms with Gasteiger partial charge in [-0.05, 0) is 97.7 Å². The van der Waals surface area contributed by atoms with Crippen LogP contribution in [0.25, 0.3) is 0 Å². The lowest BCUT2D eigenvalue weighted by Gasteiger charge is -2.58. The van der Waals surface area contributed by atoms with Crippen molar-refractivity contribution >= 4 is 0 Å². The molecule has 0 heterocycles. The minimum atomic E-state index is -0.0766. The molecule has 0 radical (unpaired) electrons. The first-order chi connectivity index (χ1) is 18.2. The van der Waals surface area contributed by atoms with Crippen LogP contribution < -0.4 is 0 Å². The van der Waals surface area contributed by atoms with Gasteiger partial charge in [0.2, 0.25) is 0 Å². The number of hydrogen-bond donors (Lipinski definition) is 3. The summed E-state index contributed by atoms with van der Waals surface area (Å²) in [5, 5.41) is 26.7. The Hall–Kier alpha value is -0.460. The minimum Gasteiger partial charge on any atom is -0.394 e. The molecule has 222 valence electrons. The van der Waals surface area contributed by atoms with Crippen molar-refractivity contribution in [1.82, 2.24) is 0 Å². The van der Waals surface area contributed by atoms with Crippen molar-refractivity contribution in [2.75, 3.05) is 39.6 Å². The van der Waals surface area contributed by atoms with E-state index in [-0.39, 0.29) is 19.3 Å². The second-order valence-electron chi connectivity index (χ2n) is 13.9. The van der Waals surface area contributed by atoms with Crippen LogP contribution in [0.5, 0.6) is 0 Å². The third kappa shape index (κ3) is 7.63. The van der Waals surface area contributed by atoms with Gasteiger partial charge in [0, 0.05) is 0 Å². The molecule has 5 heteroatoms. The van der Waals surface area contributed by atoms with E-state index in [0.717, 1.165) is 48.3 Å². The van der Waals surface area contributed by atoms with Gasteiger partial charge >= 0.3 is 0 Å². The van der Waals surface area contributed by atoms with Gasteiger partial charge in [-0.1, -0.05) is 65.5 Å². The monoisotopic (exact) mass is 536 g/mol. The third-order valence-corrected chi connectivity index (χ3v) is 11.1. The zero-order chi connectivity index (χ0) is 27.8. The number of allylic oxidation sites excluding steroid dienone is 1. The lowest BCUT2D eigenvalue weighted by molar-refractivity contribution is -0.0573. The fraction of sp³-hybridized carbons (Fsp3) is 0.939. The van der Waals surface area contributed by atoms with Crippen LogP contribution in [0.1, 0.15) is 105 Å². The number of fused-ring (bicyclic) bond motifs is 5. The molecular formula is C33H60O5. The molecule has 0 saturated heterocycles. The molecule has 3 saturated carbocycles. The summed E-state index contributed by atoms with van der Waals surface area (Å²) in [5.74, 6) is 5.46. The Balaban J connectivity index is 0.000000342. The lowest BCUT2D eigenvalue weighted by Crippen LogP contribution is -2.50. The maximum Gasteiger partial charge on any atom is 0.0701 e. The Bertz CT molecular complexity index is 714. The second-order valence-corrected chi connectivity index (χ2v) is 13.9. The van der Waals surface area contributed by atoms with E-state index in [1.165, 1.54) is 57.8 Å². The van der Waals surface area contributed by atoms with Crippen LogP contribution in [0.2, 0.25) is 0 Å². The standard InChI is InChI=1S/C27H46O.C6H14O4/c1-18(2)7-6-8-19(3)23-11-12-24-22-10-9-20-17-21(28)13-15-26(20,4)25(22)14-16-27(23,24)5;7-1-3-9-5-6-10-4-2-8/h9,18-19,21-25,28H,6-8,10-17H2,1-5H3;7-8H,1-6H2/t19-,21?,22+,23-,24+,25+,26+,27-;/m1./s1. The molecule has 4 aliphatic carbocycles. The lowest BCUT2D eigenvalue weighted by atomic mass is 9.47. The summed E-state index contributed by atoms with van der Waals surface area (Å²) >= 11 is 0. The van der Waals surface area contributed by atoms with Crippen LogP contribution in [0.3, 0.4) is 0 Å². The molecule has 8 atom stereocenters. The van der Waals surface area contributed by atoms with Gasteiger partial charge < -0.3 is 24.8 Å². The Morgan fingerprint density at radius 1 is 0.868 bits per heavy atom. The van der Waals surface area contributed by atoms with Gasteiger partial charge in [0.05, 0.1) is 45.7 Å². The van der Waals surface area contributed by atoms with Gasteiger partial charge in [-0.2, -0.15) is 0 Å². The normalized spacial score (nSPS) is 37.0. The highest BCUT2D eigenvalue weighted by molar-refractivity contribution is 5.25. The molecule has 3 fully saturated rings. The highest BCUT2D eigenvalue weighted by Gasteiger charge is 2.59. The van der Waals surface area contributed by atoms with Crippen molar-refractivity contribution in [3.05, 3.63) is 11.6 Å². The average molecular weight is 537 g/mol. The quantitative estimate of drug-likeness (QED) is 0.199. The van der Waals surface area contributed by atoms with Crippen LogP contribution in [0, 0.1) is 46.3 Å². The molecule has 3 N–H and O–H groups in total. The van der Waals surface area contributed by atoms with Crippen LogP contribution in [-0.4, -0.2) is 61.1 Å². The van der Waals surface area contributed by atoms with Gasteiger partial charge in [-0.15, -0.1) is 0 Å². The Morgan fingerprint density at radius 3 is 2.18 bits per heavy atom. The predicted molar refractivity (Wildman–Crippen MR) is 155 cm³/mol. The van der Waals surface area contributed by atoms with Crippen LogP contribution in [0.4, 0.5) is 0 Å². The molecule has 4 aliphatic rings. The summed E-state index contributed by atoms with van der Waals surface area (Å²) in [6, 6.07) is 0.